The lowest BCUT2D eigenvalue weighted by Crippen LogP contribution is -2.10. The predicted octanol–water partition coefficient (Wildman–Crippen LogP) is 30.6. The zero-order valence-corrected chi connectivity index (χ0v) is 62.8. The molecule has 24 rings (SSSR count). The van der Waals surface area contributed by atoms with Crippen molar-refractivity contribution < 1.29 is 17.7 Å². The second-order valence-corrected chi connectivity index (χ2v) is 30.4. The molecule has 0 amide bonds. The van der Waals surface area contributed by atoms with Crippen LogP contribution in [0.4, 0.5) is 34.1 Å². The highest BCUT2D eigenvalue weighted by molar-refractivity contribution is 6.17. The molecule has 116 heavy (non-hydrogen) atoms. The summed E-state index contributed by atoms with van der Waals surface area (Å²) in [5.41, 5.74) is 31.9. The molecule has 0 radical (unpaired) electrons. The van der Waals surface area contributed by atoms with Crippen LogP contribution in [0.1, 0.15) is 17.7 Å². The molecular formula is C108H68N4O4. The SMILES string of the molecule is C1=Cc2c(n(-c3ccccc3-c3ccccc3-c3ccc(N(c4ccc5c(c4)oc4ccccc45)c4cccc5c4oc4ccc(-c6ccc7c(c6)c6ccccc6n7-c6ccccc6-c6ccccc6-c6ccc(N(c7cccc8c7oc7ccccc78)c7cccc8c7oc7ccccc78)cc6)cc45)cc3)c3ccccc23)CC1. The number of hydrogen-bond acceptors (Lipinski definition) is 6. The Morgan fingerprint density at radius 1 is 0.233 bits per heavy atom. The minimum Gasteiger partial charge on any atom is -0.456 e. The minimum absolute atomic E-state index is 0.786. The summed E-state index contributed by atoms with van der Waals surface area (Å²) in [6, 6.07) is 135. The van der Waals surface area contributed by atoms with Crippen molar-refractivity contribution in [2.75, 3.05) is 9.80 Å². The van der Waals surface area contributed by atoms with Crippen molar-refractivity contribution in [2.45, 2.75) is 12.8 Å². The molecule has 17 aromatic carbocycles. The normalized spacial score (nSPS) is 12.4. The smallest absolute Gasteiger partial charge is 0.159 e. The number of hydrogen-bond donors (Lipinski definition) is 0. The van der Waals surface area contributed by atoms with E-state index in [0.29, 0.717) is 0 Å². The van der Waals surface area contributed by atoms with Gasteiger partial charge in [-0.15, -0.1) is 0 Å². The fraction of sp³-hybridized carbons (Fsp3) is 0.0185. The maximum atomic E-state index is 7.17. The van der Waals surface area contributed by atoms with Crippen molar-refractivity contribution in [3.63, 3.8) is 0 Å². The summed E-state index contributed by atoms with van der Waals surface area (Å²) in [6.45, 7) is 0. The molecule has 0 fully saturated rings. The fourth-order valence-corrected chi connectivity index (χ4v) is 18.8. The van der Waals surface area contributed by atoms with Crippen LogP contribution in [0.5, 0.6) is 0 Å². The lowest BCUT2D eigenvalue weighted by Gasteiger charge is -2.26. The molecular weight excluding hydrogens is 1420 g/mol. The van der Waals surface area contributed by atoms with Gasteiger partial charge in [0.15, 0.2) is 16.7 Å². The number of rotatable bonds is 13. The van der Waals surface area contributed by atoms with Gasteiger partial charge in [-0.1, -0.05) is 261 Å². The molecule has 544 valence electrons. The number of nitrogens with zero attached hydrogens (tertiary/aromatic N) is 4. The van der Waals surface area contributed by atoms with Gasteiger partial charge in [0.25, 0.3) is 0 Å². The minimum atomic E-state index is 0.786. The van der Waals surface area contributed by atoms with Gasteiger partial charge in [0.05, 0.1) is 50.7 Å². The van der Waals surface area contributed by atoms with Gasteiger partial charge in [-0.05, 0) is 179 Å². The van der Waals surface area contributed by atoms with Crippen molar-refractivity contribution in [3.05, 3.63) is 393 Å². The molecule has 6 aromatic heterocycles. The van der Waals surface area contributed by atoms with E-state index in [1.165, 1.54) is 44.4 Å². The molecule has 0 bridgehead atoms. The van der Waals surface area contributed by atoms with E-state index < -0.39 is 0 Å². The van der Waals surface area contributed by atoms with Crippen LogP contribution in [-0.2, 0) is 6.42 Å². The van der Waals surface area contributed by atoms with Crippen LogP contribution in [0.25, 0.3) is 194 Å². The number of furan rings is 4. The Labute approximate surface area is 666 Å². The fourth-order valence-electron chi connectivity index (χ4n) is 18.8. The van der Waals surface area contributed by atoms with Crippen molar-refractivity contribution in [1.82, 2.24) is 9.13 Å². The number of anilines is 6. The second kappa shape index (κ2) is 26.1. The quantitative estimate of drug-likeness (QED) is 0.115. The Morgan fingerprint density at radius 2 is 0.629 bits per heavy atom. The number of benzene rings is 17. The van der Waals surface area contributed by atoms with Crippen LogP contribution in [0.2, 0.25) is 0 Å². The van der Waals surface area contributed by atoms with E-state index in [4.69, 9.17) is 17.7 Å². The lowest BCUT2D eigenvalue weighted by molar-refractivity contribution is 0.666. The van der Waals surface area contributed by atoms with Crippen LogP contribution in [0.3, 0.4) is 0 Å². The van der Waals surface area contributed by atoms with Crippen LogP contribution >= 0.6 is 0 Å². The van der Waals surface area contributed by atoms with E-state index in [0.717, 1.165) is 201 Å². The topological polar surface area (TPSA) is 68.9 Å². The van der Waals surface area contributed by atoms with E-state index in [1.54, 1.807) is 0 Å². The molecule has 8 nitrogen and oxygen atoms in total. The summed E-state index contributed by atoms with van der Waals surface area (Å²) in [5.74, 6) is 0. The number of para-hydroxylation sites is 10. The van der Waals surface area contributed by atoms with Crippen LogP contribution in [0, 0.1) is 0 Å². The van der Waals surface area contributed by atoms with Crippen molar-refractivity contribution in [1.29, 1.82) is 0 Å². The highest BCUT2D eigenvalue weighted by Crippen LogP contribution is 2.51. The molecule has 0 spiro atoms. The van der Waals surface area contributed by atoms with Gasteiger partial charge in [0.1, 0.15) is 27.9 Å². The Hall–Kier alpha value is -15.4. The summed E-state index contributed by atoms with van der Waals surface area (Å²) < 4.78 is 32.3. The third-order valence-electron chi connectivity index (χ3n) is 24.0. The first kappa shape index (κ1) is 65.3. The Morgan fingerprint density at radius 3 is 1.22 bits per heavy atom. The number of allylic oxidation sites excluding steroid dienone is 1. The third-order valence-corrected chi connectivity index (χ3v) is 24.0. The van der Waals surface area contributed by atoms with Crippen LogP contribution in [0.15, 0.2) is 400 Å². The summed E-state index contributed by atoms with van der Waals surface area (Å²) in [7, 11) is 0. The van der Waals surface area contributed by atoms with Gasteiger partial charge in [0.2, 0.25) is 0 Å². The highest BCUT2D eigenvalue weighted by atomic mass is 16.3. The Kier molecular flexibility index (Phi) is 14.7. The van der Waals surface area contributed by atoms with E-state index in [2.05, 4.69) is 371 Å². The molecule has 6 heterocycles. The Bertz CT molecular complexity index is 7880. The molecule has 23 aromatic rings. The molecule has 1 aliphatic rings. The predicted molar refractivity (Wildman–Crippen MR) is 481 cm³/mol. The average Bonchev–Trinajstić information content (AvgIpc) is 1.56. The average molecular weight is 1490 g/mol. The van der Waals surface area contributed by atoms with Gasteiger partial charge in [-0.25, -0.2) is 0 Å². The lowest BCUT2D eigenvalue weighted by atomic mass is 9.93. The van der Waals surface area contributed by atoms with Crippen molar-refractivity contribution >= 4 is 161 Å². The molecule has 0 saturated carbocycles. The molecule has 0 N–H and O–H groups in total. The summed E-state index contributed by atoms with van der Waals surface area (Å²) in [5, 5.41) is 12.1. The standard InChI is InChI=1S/C108H68N4O4/c1-3-26-76(78-28-5-13-39-92(78)111-94-41-15-7-30-80(94)81-31-8-16-42-95(81)111)74(24-1)67-50-56-71(57-51-67)109(73-60-61-86-83-33-10-18-47-101(83)113-105(86)66-73)98-44-23-38-89-91-65-70(55-63-104(91)116-108(89)98)69-54-62-97-90(64-69)82-32-9-17-43-96(82)112(97)93-40-14-6-29-79(93)77-27-4-2-25-75(77)68-52-58-72(59-53-68)110(99-45-21-36-87-84-34-11-19-48-102(84)114-106(87)99)100-46-22-37-88-85-35-12-20-49-103(85)115-107(88)100/h1-15,17-41,43-66H,16,42H2. The third kappa shape index (κ3) is 10.2. The zero-order valence-electron chi connectivity index (χ0n) is 62.8. The van der Waals surface area contributed by atoms with Crippen LogP contribution < -0.4 is 9.80 Å². The first-order valence-corrected chi connectivity index (χ1v) is 39.7. The molecule has 8 heteroatoms. The zero-order chi connectivity index (χ0) is 76.1. The van der Waals surface area contributed by atoms with Gasteiger partial charge < -0.3 is 36.6 Å². The summed E-state index contributed by atoms with van der Waals surface area (Å²) >= 11 is 0. The molecule has 0 unspecified atom stereocenters. The summed E-state index contributed by atoms with van der Waals surface area (Å²) in [6.07, 6.45) is 6.63. The summed E-state index contributed by atoms with van der Waals surface area (Å²) in [4.78, 5) is 4.61. The maximum absolute atomic E-state index is 7.17. The van der Waals surface area contributed by atoms with Crippen molar-refractivity contribution in [2.24, 2.45) is 0 Å². The number of aromatic nitrogens is 2. The van der Waals surface area contributed by atoms with E-state index in [9.17, 15) is 0 Å². The molecule has 0 saturated heterocycles. The van der Waals surface area contributed by atoms with Gasteiger partial charge in [-0.3, -0.25) is 0 Å². The maximum Gasteiger partial charge on any atom is 0.159 e. The molecule has 1 aliphatic carbocycles. The van der Waals surface area contributed by atoms with Crippen molar-refractivity contribution in [3.8, 4) is 67.0 Å². The molecule has 0 atom stereocenters. The monoisotopic (exact) mass is 1480 g/mol. The second-order valence-electron chi connectivity index (χ2n) is 30.4. The van der Waals surface area contributed by atoms with E-state index in [-0.39, 0.29) is 0 Å². The van der Waals surface area contributed by atoms with E-state index >= 15 is 0 Å². The first-order chi connectivity index (χ1) is 57.5. The Balaban J connectivity index is 0.587. The van der Waals surface area contributed by atoms with E-state index in [1.807, 2.05) is 36.4 Å². The molecule has 0 aliphatic heterocycles. The number of fused-ring (bicyclic) bond motifs is 18. The first-order valence-electron chi connectivity index (χ1n) is 39.7. The highest BCUT2D eigenvalue weighted by Gasteiger charge is 2.28. The van der Waals surface area contributed by atoms with Gasteiger partial charge >= 0.3 is 0 Å². The van der Waals surface area contributed by atoms with Crippen LogP contribution in [-0.4, -0.2) is 9.13 Å². The van der Waals surface area contributed by atoms with Gasteiger partial charge in [0, 0.05) is 99.1 Å². The largest absolute Gasteiger partial charge is 0.456 e. The van der Waals surface area contributed by atoms with Gasteiger partial charge in [-0.2, -0.15) is 0 Å².